The van der Waals surface area contributed by atoms with Crippen molar-refractivity contribution in [3.05, 3.63) is 28.8 Å². The molecule has 0 radical (unpaired) electrons. The average Bonchev–Trinajstić information content (AvgIpc) is 2.88. The van der Waals surface area contributed by atoms with Gasteiger partial charge in [-0.1, -0.05) is 11.6 Å². The van der Waals surface area contributed by atoms with Crippen LogP contribution >= 0.6 is 23.4 Å². The second kappa shape index (κ2) is 5.58. The zero-order chi connectivity index (χ0) is 14.2. The quantitative estimate of drug-likeness (QED) is 0.881. The number of thioether (sulfide) groups is 1. The van der Waals surface area contributed by atoms with Crippen LogP contribution < -0.4 is 5.32 Å². The molecule has 20 heavy (non-hydrogen) atoms. The third-order valence-electron chi connectivity index (χ3n) is 4.17. The first-order valence-corrected chi connectivity index (χ1v) is 8.40. The largest absolute Gasteiger partial charge is 0.380 e. The molecule has 1 unspecified atom stereocenters. The molecular formula is C15H18ClNO2S. The van der Waals surface area contributed by atoms with E-state index in [0.717, 1.165) is 30.6 Å². The maximum Gasteiger partial charge on any atom is 0.252 e. The molecule has 3 rings (SSSR count). The van der Waals surface area contributed by atoms with Crippen LogP contribution in [0, 0.1) is 0 Å². The van der Waals surface area contributed by atoms with Gasteiger partial charge in [0, 0.05) is 15.7 Å². The van der Waals surface area contributed by atoms with Gasteiger partial charge >= 0.3 is 0 Å². The van der Waals surface area contributed by atoms with Crippen molar-refractivity contribution in [1.82, 2.24) is 5.32 Å². The highest BCUT2D eigenvalue weighted by Gasteiger charge is 2.40. The first kappa shape index (κ1) is 14.2. The third kappa shape index (κ3) is 2.69. The molecule has 0 bridgehead atoms. The van der Waals surface area contributed by atoms with Gasteiger partial charge < -0.3 is 10.4 Å². The van der Waals surface area contributed by atoms with Gasteiger partial charge in [0.25, 0.3) is 5.91 Å². The number of nitrogens with one attached hydrogen (secondary N) is 1. The van der Waals surface area contributed by atoms with Crippen molar-refractivity contribution in [2.24, 2.45) is 0 Å². The Bertz CT molecular complexity index is 529. The lowest BCUT2D eigenvalue weighted by molar-refractivity contribution is -0.140. The fraction of sp³-hybridized carbons (Fsp3) is 0.533. The monoisotopic (exact) mass is 311 g/mol. The Morgan fingerprint density at radius 2 is 2.15 bits per heavy atom. The fourth-order valence-corrected chi connectivity index (χ4v) is 4.28. The lowest BCUT2D eigenvalue weighted by Crippen LogP contribution is -2.46. The summed E-state index contributed by atoms with van der Waals surface area (Å²) in [6.07, 6.45) is 3.87. The minimum Gasteiger partial charge on any atom is -0.380 e. The summed E-state index contributed by atoms with van der Waals surface area (Å²) in [5, 5.41) is 14.1. The van der Waals surface area contributed by atoms with Crippen LogP contribution in [0.1, 0.15) is 43.7 Å². The minimum absolute atomic E-state index is 0.0397. The van der Waals surface area contributed by atoms with E-state index in [9.17, 15) is 9.90 Å². The van der Waals surface area contributed by atoms with Crippen molar-refractivity contribution in [1.29, 1.82) is 0 Å². The van der Waals surface area contributed by atoms with Crippen LogP contribution in [0.2, 0.25) is 5.02 Å². The molecule has 2 aliphatic rings. The van der Waals surface area contributed by atoms with Gasteiger partial charge in [0.05, 0.1) is 6.04 Å². The Morgan fingerprint density at radius 3 is 2.90 bits per heavy atom. The number of aliphatic hydroxyl groups is 1. The number of carbonyl (C=O) groups is 1. The number of carbonyl (C=O) groups excluding carboxylic acids is 1. The first-order chi connectivity index (χ1) is 9.58. The summed E-state index contributed by atoms with van der Waals surface area (Å²) in [7, 11) is 0. The van der Waals surface area contributed by atoms with E-state index >= 15 is 0 Å². The lowest BCUT2D eigenvalue weighted by Gasteiger charge is -2.29. The van der Waals surface area contributed by atoms with Crippen LogP contribution in [0.4, 0.5) is 0 Å². The van der Waals surface area contributed by atoms with E-state index in [1.807, 2.05) is 18.2 Å². The van der Waals surface area contributed by atoms with E-state index in [0.29, 0.717) is 17.9 Å². The maximum atomic E-state index is 12.3. The molecule has 0 spiro atoms. The molecule has 1 aromatic carbocycles. The summed E-state index contributed by atoms with van der Waals surface area (Å²) in [6, 6.07) is 5.77. The second-order valence-corrected chi connectivity index (χ2v) is 7.16. The Balaban J connectivity index is 1.79. The molecule has 1 aromatic rings. The topological polar surface area (TPSA) is 49.3 Å². The molecule has 1 atom stereocenters. The summed E-state index contributed by atoms with van der Waals surface area (Å²) >= 11 is 7.85. The third-order valence-corrected chi connectivity index (χ3v) is 5.53. The normalized spacial score (nSPS) is 24.2. The Morgan fingerprint density at radius 1 is 1.40 bits per heavy atom. The predicted molar refractivity (Wildman–Crippen MR) is 81.1 cm³/mol. The molecule has 1 saturated carbocycles. The van der Waals surface area contributed by atoms with Crippen LogP contribution in [0.3, 0.4) is 0 Å². The van der Waals surface area contributed by atoms with Crippen LogP contribution in [0.15, 0.2) is 23.1 Å². The SMILES string of the molecule is O=C(NC1CCSc2ccc(Cl)cc21)C1(O)CCCC1. The van der Waals surface area contributed by atoms with Crippen LogP contribution in [0.5, 0.6) is 0 Å². The molecule has 1 fully saturated rings. The van der Waals surface area contributed by atoms with E-state index in [-0.39, 0.29) is 11.9 Å². The van der Waals surface area contributed by atoms with Gasteiger partial charge in [0.2, 0.25) is 0 Å². The Hall–Kier alpha value is -0.710. The molecule has 5 heteroatoms. The zero-order valence-corrected chi connectivity index (χ0v) is 12.8. The molecule has 1 heterocycles. The molecular weight excluding hydrogens is 294 g/mol. The van der Waals surface area contributed by atoms with Crippen molar-refractivity contribution in [3.8, 4) is 0 Å². The highest BCUT2D eigenvalue weighted by atomic mass is 35.5. The smallest absolute Gasteiger partial charge is 0.252 e. The minimum atomic E-state index is -1.16. The van der Waals surface area contributed by atoms with Gasteiger partial charge in [0.15, 0.2) is 0 Å². The summed E-state index contributed by atoms with van der Waals surface area (Å²) < 4.78 is 0. The number of benzene rings is 1. The molecule has 108 valence electrons. The molecule has 1 aliphatic carbocycles. The maximum absolute atomic E-state index is 12.3. The number of amides is 1. The molecule has 1 amide bonds. The van der Waals surface area contributed by atoms with Crippen LogP contribution in [-0.2, 0) is 4.79 Å². The average molecular weight is 312 g/mol. The summed E-state index contributed by atoms with van der Waals surface area (Å²) in [5.41, 5.74) is -0.0905. The van der Waals surface area contributed by atoms with Crippen molar-refractivity contribution in [2.75, 3.05) is 5.75 Å². The number of hydrogen-bond acceptors (Lipinski definition) is 3. The van der Waals surface area contributed by atoms with E-state index in [2.05, 4.69) is 5.32 Å². The fourth-order valence-electron chi connectivity index (χ4n) is 2.99. The van der Waals surface area contributed by atoms with Gasteiger partial charge in [-0.15, -0.1) is 11.8 Å². The van der Waals surface area contributed by atoms with Gasteiger partial charge in [-0.05, 0) is 55.9 Å². The highest BCUT2D eigenvalue weighted by molar-refractivity contribution is 7.99. The molecule has 0 saturated heterocycles. The number of fused-ring (bicyclic) bond motifs is 1. The number of rotatable bonds is 2. The number of hydrogen-bond donors (Lipinski definition) is 2. The summed E-state index contributed by atoms with van der Waals surface area (Å²) in [5.74, 6) is 0.746. The number of halogens is 1. The van der Waals surface area contributed by atoms with Gasteiger partial charge in [-0.3, -0.25) is 4.79 Å². The molecule has 3 nitrogen and oxygen atoms in total. The van der Waals surface area contributed by atoms with E-state index < -0.39 is 5.60 Å². The predicted octanol–water partition coefficient (Wildman–Crippen LogP) is 3.30. The van der Waals surface area contributed by atoms with Gasteiger partial charge in [0.1, 0.15) is 5.60 Å². The van der Waals surface area contributed by atoms with Crippen LogP contribution in [-0.4, -0.2) is 22.4 Å². The Kier molecular flexibility index (Phi) is 3.98. The van der Waals surface area contributed by atoms with Gasteiger partial charge in [-0.25, -0.2) is 0 Å². The lowest BCUT2D eigenvalue weighted by atomic mass is 9.98. The van der Waals surface area contributed by atoms with Crippen molar-refractivity contribution < 1.29 is 9.90 Å². The molecule has 2 N–H and O–H groups in total. The van der Waals surface area contributed by atoms with Crippen molar-refractivity contribution in [3.63, 3.8) is 0 Å². The highest BCUT2D eigenvalue weighted by Crippen LogP contribution is 2.38. The summed E-state index contributed by atoms with van der Waals surface area (Å²) in [6.45, 7) is 0. The van der Waals surface area contributed by atoms with E-state index in [1.165, 1.54) is 4.90 Å². The second-order valence-electron chi connectivity index (χ2n) is 5.58. The van der Waals surface area contributed by atoms with Crippen molar-refractivity contribution in [2.45, 2.75) is 48.6 Å². The molecule has 0 aromatic heterocycles. The van der Waals surface area contributed by atoms with E-state index in [4.69, 9.17) is 11.6 Å². The van der Waals surface area contributed by atoms with E-state index in [1.54, 1.807) is 11.8 Å². The summed E-state index contributed by atoms with van der Waals surface area (Å²) in [4.78, 5) is 13.5. The molecule has 1 aliphatic heterocycles. The first-order valence-electron chi connectivity index (χ1n) is 7.04. The Labute approximate surface area is 128 Å². The van der Waals surface area contributed by atoms with Crippen molar-refractivity contribution >= 4 is 29.3 Å². The van der Waals surface area contributed by atoms with Crippen LogP contribution in [0.25, 0.3) is 0 Å². The van der Waals surface area contributed by atoms with Gasteiger partial charge in [-0.2, -0.15) is 0 Å². The standard InChI is InChI=1S/C15H18ClNO2S/c16-10-3-4-13-11(9-10)12(5-8-20-13)17-14(18)15(19)6-1-2-7-15/h3-4,9,12,19H,1-2,5-8H2,(H,17,18). The zero-order valence-electron chi connectivity index (χ0n) is 11.2.